The second-order valence-electron chi connectivity index (χ2n) is 8.50. The number of hydrogen-bond donors (Lipinski definition) is 1. The fourth-order valence-corrected chi connectivity index (χ4v) is 3.78. The van der Waals surface area contributed by atoms with Gasteiger partial charge in [0.2, 0.25) is 5.91 Å². The van der Waals surface area contributed by atoms with Gasteiger partial charge in [-0.1, -0.05) is 39.5 Å². The third-order valence-corrected chi connectivity index (χ3v) is 5.47. The number of aromatic hydroxyl groups is 1. The van der Waals surface area contributed by atoms with Crippen molar-refractivity contribution in [2.24, 2.45) is 0 Å². The van der Waals surface area contributed by atoms with Crippen LogP contribution in [0.4, 0.5) is 5.69 Å². The number of methoxy groups -OCH3 is 1. The molecule has 1 heterocycles. The third kappa shape index (κ3) is 3.77. The van der Waals surface area contributed by atoms with E-state index in [4.69, 9.17) is 4.74 Å². The molecule has 2 aromatic carbocycles. The van der Waals surface area contributed by atoms with E-state index in [9.17, 15) is 14.7 Å². The third-order valence-electron chi connectivity index (χ3n) is 5.47. The smallest absolute Gasteiger partial charge is 0.258 e. The SMILES string of the molecule is C=CC(=O)N(C)c1cccc2c1CN(C(=O)c1cc(C(C)(C)C)c(OC)cc1O)C2. The molecule has 1 aliphatic rings. The lowest BCUT2D eigenvalue weighted by Gasteiger charge is -2.24. The highest BCUT2D eigenvalue weighted by atomic mass is 16.5. The minimum absolute atomic E-state index is 0.111. The second-order valence-corrected chi connectivity index (χ2v) is 8.50. The van der Waals surface area contributed by atoms with Gasteiger partial charge in [-0.2, -0.15) is 0 Å². The molecule has 6 nitrogen and oxygen atoms in total. The Morgan fingerprint density at radius 1 is 1.23 bits per heavy atom. The molecule has 0 atom stereocenters. The Balaban J connectivity index is 1.96. The molecule has 1 aliphatic heterocycles. The summed E-state index contributed by atoms with van der Waals surface area (Å²) in [6.07, 6.45) is 1.26. The summed E-state index contributed by atoms with van der Waals surface area (Å²) in [5.41, 5.74) is 3.48. The molecule has 0 aromatic heterocycles. The first-order chi connectivity index (χ1) is 14.1. The molecular weight excluding hydrogens is 380 g/mol. The molecule has 0 radical (unpaired) electrons. The Hall–Kier alpha value is -3.28. The molecule has 0 bridgehead atoms. The summed E-state index contributed by atoms with van der Waals surface area (Å²) in [4.78, 5) is 28.6. The Morgan fingerprint density at radius 3 is 2.53 bits per heavy atom. The molecule has 0 saturated carbocycles. The van der Waals surface area contributed by atoms with Gasteiger partial charge in [-0.15, -0.1) is 0 Å². The predicted octanol–water partition coefficient (Wildman–Crippen LogP) is 4.00. The number of anilines is 1. The molecule has 0 saturated heterocycles. The number of phenolic OH excluding ortho intramolecular Hbond substituents is 1. The molecule has 3 rings (SSSR count). The molecule has 2 aromatic rings. The molecular formula is C24H28N2O4. The van der Waals surface area contributed by atoms with Gasteiger partial charge in [-0.3, -0.25) is 9.59 Å². The number of rotatable bonds is 4. The van der Waals surface area contributed by atoms with E-state index in [-0.39, 0.29) is 28.5 Å². The summed E-state index contributed by atoms with van der Waals surface area (Å²) < 4.78 is 5.41. The van der Waals surface area contributed by atoms with Crippen molar-refractivity contribution >= 4 is 17.5 Å². The maximum atomic E-state index is 13.3. The monoisotopic (exact) mass is 408 g/mol. The molecule has 6 heteroatoms. The van der Waals surface area contributed by atoms with Crippen molar-refractivity contribution < 1.29 is 19.4 Å². The summed E-state index contributed by atoms with van der Waals surface area (Å²) >= 11 is 0. The van der Waals surface area contributed by atoms with Crippen molar-refractivity contribution in [3.05, 3.63) is 65.2 Å². The van der Waals surface area contributed by atoms with Crippen molar-refractivity contribution in [1.29, 1.82) is 0 Å². The standard InChI is InChI=1S/C24H28N2O4/c1-7-22(28)25(5)19-10-8-9-15-13-26(14-17(15)19)23(29)16-11-18(24(2,3)4)21(30-6)12-20(16)27/h7-12,27H,1,13-14H2,2-6H3. The van der Waals surface area contributed by atoms with Crippen LogP contribution in [0, 0.1) is 0 Å². The van der Waals surface area contributed by atoms with Gasteiger partial charge >= 0.3 is 0 Å². The van der Waals surface area contributed by atoms with Crippen LogP contribution < -0.4 is 9.64 Å². The quantitative estimate of drug-likeness (QED) is 0.777. The van der Waals surface area contributed by atoms with Gasteiger partial charge in [-0.05, 0) is 29.2 Å². The molecule has 158 valence electrons. The maximum absolute atomic E-state index is 13.3. The second kappa shape index (κ2) is 7.86. The predicted molar refractivity (Wildman–Crippen MR) is 117 cm³/mol. The van der Waals surface area contributed by atoms with Gasteiger partial charge in [0.05, 0.1) is 12.7 Å². The summed E-state index contributed by atoms with van der Waals surface area (Å²) in [6, 6.07) is 8.90. The number of ether oxygens (including phenoxy) is 1. The number of likely N-dealkylation sites (N-methyl/N-ethyl adjacent to an activating group) is 1. The number of nitrogens with zero attached hydrogens (tertiary/aromatic N) is 2. The fourth-order valence-electron chi connectivity index (χ4n) is 3.78. The van der Waals surface area contributed by atoms with E-state index in [0.29, 0.717) is 18.8 Å². The average molecular weight is 408 g/mol. The van der Waals surface area contributed by atoms with Crippen LogP contribution in [0.5, 0.6) is 11.5 Å². The van der Waals surface area contributed by atoms with Crippen molar-refractivity contribution in [2.75, 3.05) is 19.1 Å². The zero-order valence-electron chi connectivity index (χ0n) is 18.2. The lowest BCUT2D eigenvalue weighted by molar-refractivity contribution is -0.113. The van der Waals surface area contributed by atoms with Gasteiger partial charge in [0.15, 0.2) is 0 Å². The van der Waals surface area contributed by atoms with Crippen LogP contribution in [0.25, 0.3) is 0 Å². The topological polar surface area (TPSA) is 70.1 Å². The lowest BCUT2D eigenvalue weighted by atomic mass is 9.85. The first-order valence-corrected chi connectivity index (χ1v) is 9.80. The number of carbonyl (C=O) groups excluding carboxylic acids is 2. The number of carbonyl (C=O) groups is 2. The van der Waals surface area contributed by atoms with Crippen LogP contribution >= 0.6 is 0 Å². The van der Waals surface area contributed by atoms with Gasteiger partial charge in [-0.25, -0.2) is 0 Å². The molecule has 0 unspecified atom stereocenters. The highest BCUT2D eigenvalue weighted by Gasteiger charge is 2.31. The molecule has 30 heavy (non-hydrogen) atoms. The van der Waals surface area contributed by atoms with Crippen LogP contribution in [0.15, 0.2) is 43.0 Å². The van der Waals surface area contributed by atoms with E-state index in [1.54, 1.807) is 25.1 Å². The van der Waals surface area contributed by atoms with Crippen molar-refractivity contribution in [3.63, 3.8) is 0 Å². The molecule has 2 amide bonds. The van der Waals surface area contributed by atoms with Crippen LogP contribution in [0.1, 0.15) is 47.8 Å². The summed E-state index contributed by atoms with van der Waals surface area (Å²) in [5.74, 6) is -0.0376. The van der Waals surface area contributed by atoms with Crippen LogP contribution in [-0.4, -0.2) is 36.0 Å². The number of benzene rings is 2. The Bertz CT molecular complexity index is 1020. The van der Waals surface area contributed by atoms with E-state index in [1.165, 1.54) is 17.0 Å². The first-order valence-electron chi connectivity index (χ1n) is 9.80. The Labute approximate surface area is 177 Å². The van der Waals surface area contributed by atoms with Crippen molar-refractivity contribution in [1.82, 2.24) is 4.90 Å². The molecule has 0 fully saturated rings. The van der Waals surface area contributed by atoms with E-state index < -0.39 is 0 Å². The Morgan fingerprint density at radius 2 is 1.93 bits per heavy atom. The van der Waals surface area contributed by atoms with Crippen molar-refractivity contribution in [2.45, 2.75) is 39.3 Å². The lowest BCUT2D eigenvalue weighted by Crippen LogP contribution is -2.27. The highest BCUT2D eigenvalue weighted by molar-refractivity contribution is 6.02. The van der Waals surface area contributed by atoms with E-state index >= 15 is 0 Å². The summed E-state index contributed by atoms with van der Waals surface area (Å²) in [7, 11) is 3.24. The number of amides is 2. The molecule has 1 N–H and O–H groups in total. The zero-order valence-corrected chi connectivity index (χ0v) is 18.2. The summed E-state index contributed by atoms with van der Waals surface area (Å²) in [5, 5.41) is 10.5. The van der Waals surface area contributed by atoms with Crippen LogP contribution in [-0.2, 0) is 23.3 Å². The fraction of sp³-hybridized carbons (Fsp3) is 0.333. The average Bonchev–Trinajstić information content (AvgIpc) is 3.15. The first kappa shape index (κ1) is 21.4. The minimum Gasteiger partial charge on any atom is -0.507 e. The van der Waals surface area contributed by atoms with Crippen LogP contribution in [0.2, 0.25) is 0 Å². The number of hydrogen-bond acceptors (Lipinski definition) is 4. The summed E-state index contributed by atoms with van der Waals surface area (Å²) in [6.45, 7) is 10.4. The molecule has 0 spiro atoms. The van der Waals surface area contributed by atoms with Gasteiger partial charge < -0.3 is 19.6 Å². The normalized spacial score (nSPS) is 13.0. The number of fused-ring (bicyclic) bond motifs is 1. The molecule has 0 aliphatic carbocycles. The zero-order chi connectivity index (χ0) is 22.2. The van der Waals surface area contributed by atoms with E-state index in [1.807, 2.05) is 39.0 Å². The number of phenols is 1. The van der Waals surface area contributed by atoms with Gasteiger partial charge in [0, 0.05) is 43.0 Å². The van der Waals surface area contributed by atoms with E-state index in [2.05, 4.69) is 6.58 Å². The van der Waals surface area contributed by atoms with Gasteiger partial charge in [0.1, 0.15) is 11.5 Å². The van der Waals surface area contributed by atoms with Crippen molar-refractivity contribution in [3.8, 4) is 11.5 Å². The van der Waals surface area contributed by atoms with Gasteiger partial charge in [0.25, 0.3) is 5.91 Å². The largest absolute Gasteiger partial charge is 0.507 e. The maximum Gasteiger partial charge on any atom is 0.258 e. The Kier molecular flexibility index (Phi) is 5.61. The van der Waals surface area contributed by atoms with E-state index in [0.717, 1.165) is 22.4 Å². The van der Waals surface area contributed by atoms with Crippen LogP contribution in [0.3, 0.4) is 0 Å². The minimum atomic E-state index is -0.263. The highest BCUT2D eigenvalue weighted by Crippen LogP contribution is 2.38.